The summed E-state index contributed by atoms with van der Waals surface area (Å²) in [5, 5.41) is 25.9. The molecule has 0 saturated carbocycles. The van der Waals surface area contributed by atoms with E-state index in [4.69, 9.17) is 5.73 Å². The third kappa shape index (κ3) is 3.69. The zero-order chi connectivity index (χ0) is 22.8. The molecule has 4 rings (SSSR count). The van der Waals surface area contributed by atoms with E-state index in [0.29, 0.717) is 11.3 Å². The van der Waals surface area contributed by atoms with Gasteiger partial charge < -0.3 is 10.3 Å². The van der Waals surface area contributed by atoms with Crippen molar-refractivity contribution in [1.29, 1.82) is 10.5 Å². The fraction of sp³-hybridized carbons (Fsp3) is 0.192. The predicted molar refractivity (Wildman–Crippen MR) is 127 cm³/mol. The molecule has 6 heteroatoms. The first-order valence-corrected chi connectivity index (χ1v) is 10.4. The van der Waals surface area contributed by atoms with E-state index in [1.807, 2.05) is 50.2 Å². The Labute approximate surface area is 188 Å². The van der Waals surface area contributed by atoms with Crippen LogP contribution in [0, 0.1) is 49.4 Å². The minimum atomic E-state index is -0.707. The largest absolute Gasteiger partial charge is 0.318 e. The molecule has 0 aliphatic carbocycles. The molecule has 2 atom stereocenters. The van der Waals surface area contributed by atoms with Crippen molar-refractivity contribution in [1.82, 2.24) is 4.57 Å². The number of nitrogens with zero attached hydrogens (tertiary/aromatic N) is 5. The van der Waals surface area contributed by atoms with Gasteiger partial charge in [-0.2, -0.15) is 15.6 Å². The summed E-state index contributed by atoms with van der Waals surface area (Å²) in [6.45, 7) is 6.12. The third-order valence-electron chi connectivity index (χ3n) is 5.75. The van der Waals surface area contributed by atoms with Crippen LogP contribution in [-0.4, -0.2) is 16.4 Å². The summed E-state index contributed by atoms with van der Waals surface area (Å²) in [6, 6.07) is 24.3. The molecule has 0 spiro atoms. The molecule has 32 heavy (non-hydrogen) atoms. The highest BCUT2D eigenvalue weighted by atomic mass is 15.5. The Kier molecular flexibility index (Phi) is 5.64. The molecule has 0 unspecified atom stereocenters. The molecule has 6 nitrogen and oxygen atoms in total. The fourth-order valence-corrected chi connectivity index (χ4v) is 4.06. The molecule has 0 bridgehead atoms. The van der Waals surface area contributed by atoms with E-state index in [9.17, 15) is 10.5 Å². The number of para-hydroxylation sites is 1. The van der Waals surface area contributed by atoms with Crippen molar-refractivity contribution in [2.75, 3.05) is 5.01 Å². The second-order valence-electron chi connectivity index (χ2n) is 7.93. The minimum absolute atomic E-state index is 0.342. The number of hydrogen-bond donors (Lipinski definition) is 1. The molecule has 1 aliphatic heterocycles. The highest BCUT2D eigenvalue weighted by Gasteiger charge is 2.37. The zero-order valence-corrected chi connectivity index (χ0v) is 18.3. The Hall–Kier alpha value is -4.13. The lowest BCUT2D eigenvalue weighted by atomic mass is 9.95. The van der Waals surface area contributed by atoms with Crippen LogP contribution in [0.25, 0.3) is 11.8 Å². The highest BCUT2D eigenvalue weighted by Crippen LogP contribution is 2.30. The summed E-state index contributed by atoms with van der Waals surface area (Å²) in [7, 11) is 0. The first-order valence-electron chi connectivity index (χ1n) is 10.4. The summed E-state index contributed by atoms with van der Waals surface area (Å²) in [5.74, 6) is -0.707. The first kappa shape index (κ1) is 21.1. The third-order valence-corrected chi connectivity index (χ3v) is 5.75. The second-order valence-corrected chi connectivity index (χ2v) is 7.93. The lowest BCUT2D eigenvalue weighted by Gasteiger charge is -2.21. The maximum Gasteiger partial charge on any atom is 0.127 e. The van der Waals surface area contributed by atoms with Crippen LogP contribution < -0.4 is 10.7 Å². The van der Waals surface area contributed by atoms with Crippen molar-refractivity contribution in [3.8, 4) is 17.8 Å². The summed E-state index contributed by atoms with van der Waals surface area (Å²) in [4.78, 5) is 0. The van der Waals surface area contributed by atoms with Crippen LogP contribution in [0.2, 0.25) is 0 Å². The predicted octanol–water partition coefficient (Wildman–Crippen LogP) is 4.61. The molecule has 2 heterocycles. The number of aromatic nitrogens is 1. The Morgan fingerprint density at radius 1 is 1.00 bits per heavy atom. The molecular formula is C26H24N6. The number of benzene rings is 2. The van der Waals surface area contributed by atoms with Gasteiger partial charge in [-0.05, 0) is 62.7 Å². The molecule has 158 valence electrons. The Balaban J connectivity index is 1.76. The Morgan fingerprint density at radius 2 is 1.69 bits per heavy atom. The van der Waals surface area contributed by atoms with Gasteiger partial charge in [-0.25, -0.2) is 5.01 Å². The van der Waals surface area contributed by atoms with E-state index in [1.165, 1.54) is 5.56 Å². The molecule has 0 fully saturated rings. The van der Waals surface area contributed by atoms with Crippen LogP contribution in [0.4, 0.5) is 5.69 Å². The first-order chi connectivity index (χ1) is 15.4. The van der Waals surface area contributed by atoms with Crippen LogP contribution in [0.1, 0.15) is 22.5 Å². The number of nitrogens with two attached hydrogens (primary N) is 1. The zero-order valence-electron chi connectivity index (χ0n) is 18.3. The van der Waals surface area contributed by atoms with Crippen molar-refractivity contribution in [3.05, 3.63) is 88.8 Å². The molecule has 2 aromatic carbocycles. The van der Waals surface area contributed by atoms with Gasteiger partial charge in [-0.1, -0.05) is 35.9 Å². The number of allylic oxidation sites excluding steroid dienone is 1. The van der Waals surface area contributed by atoms with Gasteiger partial charge >= 0.3 is 0 Å². The van der Waals surface area contributed by atoms with Crippen molar-refractivity contribution in [2.45, 2.75) is 26.9 Å². The van der Waals surface area contributed by atoms with Gasteiger partial charge in [0.15, 0.2) is 0 Å². The van der Waals surface area contributed by atoms with Gasteiger partial charge in [0.25, 0.3) is 0 Å². The lowest BCUT2D eigenvalue weighted by molar-refractivity contribution is 0.624. The van der Waals surface area contributed by atoms with Crippen molar-refractivity contribution >= 4 is 17.5 Å². The number of aryl methyl sites for hydroxylation is 2. The average molecular weight is 421 g/mol. The molecule has 3 aromatic rings. The maximum absolute atomic E-state index is 9.94. The normalized spacial score (nSPS) is 18.2. The van der Waals surface area contributed by atoms with Gasteiger partial charge in [-0.3, -0.25) is 0 Å². The van der Waals surface area contributed by atoms with Gasteiger partial charge in [-0.15, -0.1) is 0 Å². The van der Waals surface area contributed by atoms with E-state index in [0.717, 1.165) is 28.3 Å². The Morgan fingerprint density at radius 3 is 2.31 bits per heavy atom. The minimum Gasteiger partial charge on any atom is -0.318 e. The van der Waals surface area contributed by atoms with Crippen molar-refractivity contribution < 1.29 is 0 Å². The van der Waals surface area contributed by atoms with E-state index >= 15 is 0 Å². The smallest absolute Gasteiger partial charge is 0.127 e. The van der Waals surface area contributed by atoms with E-state index in [-0.39, 0.29) is 0 Å². The van der Waals surface area contributed by atoms with Crippen LogP contribution in [0.5, 0.6) is 0 Å². The van der Waals surface area contributed by atoms with E-state index in [2.05, 4.69) is 53.0 Å². The number of nitriles is 2. The SMILES string of the molecule is Cc1ccc(-n2c(C)cc(/C=C(/C#N)C3=NN(c4ccccc4)[C@H](N)[C@@H]3C#N)c2C)cc1. The maximum atomic E-state index is 9.94. The second kappa shape index (κ2) is 8.55. The van der Waals surface area contributed by atoms with Crippen LogP contribution in [0.3, 0.4) is 0 Å². The molecule has 0 saturated heterocycles. The number of hydrogen-bond acceptors (Lipinski definition) is 5. The Bertz CT molecular complexity index is 1280. The number of rotatable bonds is 4. The molecule has 1 aromatic heterocycles. The number of anilines is 1. The van der Waals surface area contributed by atoms with Crippen LogP contribution in [0.15, 0.2) is 71.3 Å². The van der Waals surface area contributed by atoms with E-state index in [1.54, 1.807) is 11.1 Å². The van der Waals surface area contributed by atoms with Gasteiger partial charge in [0.1, 0.15) is 18.2 Å². The van der Waals surface area contributed by atoms with Gasteiger partial charge in [0.2, 0.25) is 0 Å². The quantitative estimate of drug-likeness (QED) is 0.624. The average Bonchev–Trinajstić information content (AvgIpc) is 3.28. The summed E-state index contributed by atoms with van der Waals surface area (Å²) in [6.07, 6.45) is 1.14. The summed E-state index contributed by atoms with van der Waals surface area (Å²) >= 11 is 0. The molecular weight excluding hydrogens is 396 g/mol. The molecule has 1 aliphatic rings. The lowest BCUT2D eigenvalue weighted by Crippen LogP contribution is -2.40. The molecule has 0 radical (unpaired) electrons. The standard InChI is InChI=1S/C26H24N6/c1-17-9-11-22(12-10-17)31-18(2)13-20(19(31)3)14-21(15-27)25-24(16-28)26(29)32(30-25)23-7-5-4-6-8-23/h4-14,24,26H,29H2,1-3H3/b21-14-/t24-,26+/m1/s1. The van der Waals surface area contributed by atoms with Crippen molar-refractivity contribution in [3.63, 3.8) is 0 Å². The van der Waals surface area contributed by atoms with Crippen LogP contribution in [-0.2, 0) is 0 Å². The molecule has 0 amide bonds. The van der Waals surface area contributed by atoms with Gasteiger partial charge in [0.05, 0.1) is 23.0 Å². The molecule has 2 N–H and O–H groups in total. The van der Waals surface area contributed by atoms with Crippen LogP contribution >= 0.6 is 0 Å². The number of hydrazone groups is 1. The summed E-state index contributed by atoms with van der Waals surface area (Å²) in [5.41, 5.74) is 13.1. The van der Waals surface area contributed by atoms with Crippen molar-refractivity contribution in [2.24, 2.45) is 16.8 Å². The van der Waals surface area contributed by atoms with Gasteiger partial charge in [0, 0.05) is 17.1 Å². The topological polar surface area (TPSA) is 94.1 Å². The monoisotopic (exact) mass is 420 g/mol. The van der Waals surface area contributed by atoms with E-state index < -0.39 is 12.1 Å². The summed E-state index contributed by atoms with van der Waals surface area (Å²) < 4.78 is 2.15. The fourth-order valence-electron chi connectivity index (χ4n) is 4.06. The highest BCUT2D eigenvalue weighted by molar-refractivity contribution is 6.11.